The van der Waals surface area contributed by atoms with Crippen LogP contribution in [0.25, 0.3) is 0 Å². The molecule has 212 valence electrons. The van der Waals surface area contributed by atoms with Crippen molar-refractivity contribution in [2.75, 3.05) is 12.4 Å². The van der Waals surface area contributed by atoms with E-state index in [2.05, 4.69) is 10.6 Å². The summed E-state index contributed by atoms with van der Waals surface area (Å²) in [5, 5.41) is 4.71. The molecule has 12 heteroatoms. The number of ether oxygens (including phenoxy) is 3. The molecule has 0 aromatic heterocycles. The Kier molecular flexibility index (Phi) is 8.99. The van der Waals surface area contributed by atoms with Gasteiger partial charge in [-0.3, -0.25) is 19.3 Å². The smallest absolute Gasteiger partial charge is 0.408 e. The van der Waals surface area contributed by atoms with Crippen molar-refractivity contribution in [3.63, 3.8) is 0 Å². The van der Waals surface area contributed by atoms with Gasteiger partial charge in [-0.25, -0.2) is 9.59 Å². The fraction of sp³-hybridized carbons (Fsp3) is 0.519. The van der Waals surface area contributed by atoms with E-state index in [-0.39, 0.29) is 18.1 Å². The number of nitrogens with one attached hydrogen (secondary N) is 2. The molecule has 2 N–H and O–H groups in total. The highest BCUT2D eigenvalue weighted by Crippen LogP contribution is 2.41. The number of alkyl carbamates (subject to hydrolysis) is 1. The number of carbonyl (C=O) groups excluding carboxylic acids is 5. The lowest BCUT2D eigenvalue weighted by Gasteiger charge is -2.50. The molecule has 11 nitrogen and oxygen atoms in total. The van der Waals surface area contributed by atoms with Crippen LogP contribution < -0.4 is 10.6 Å². The van der Waals surface area contributed by atoms with Crippen LogP contribution >= 0.6 is 11.8 Å². The standard InChI is InChI=1S/C27H35N3O8S/c1-15(31)36-13-17-14-39-23-19(22(33)30(23)20(17)24(34)37-26(2,3)4)28-21(32)18(16-11-9-8-10-12-16)29-25(35)38-27(5,6)7/h8-12,18-19,23H,13-14H2,1-7H3,(H,28,32)(H,29,35)/t18?,19-,23-/m1/s1. The predicted molar refractivity (Wildman–Crippen MR) is 143 cm³/mol. The first kappa shape index (κ1) is 30.0. The molecule has 2 aliphatic rings. The second-order valence-electron chi connectivity index (χ2n) is 11.1. The largest absolute Gasteiger partial charge is 0.461 e. The Labute approximate surface area is 232 Å². The lowest BCUT2D eigenvalue weighted by atomic mass is 10.0. The molecule has 1 aromatic carbocycles. The highest BCUT2D eigenvalue weighted by atomic mass is 32.2. The number of hydrogen-bond acceptors (Lipinski definition) is 9. The van der Waals surface area contributed by atoms with E-state index in [1.54, 1.807) is 71.9 Å². The first-order valence-corrected chi connectivity index (χ1v) is 13.5. The van der Waals surface area contributed by atoms with Crippen LogP contribution in [0.5, 0.6) is 0 Å². The maximum atomic E-state index is 13.4. The monoisotopic (exact) mass is 561 g/mol. The van der Waals surface area contributed by atoms with Crippen LogP contribution in [0.3, 0.4) is 0 Å². The third kappa shape index (κ3) is 7.75. The minimum absolute atomic E-state index is 0.0110. The molecular weight excluding hydrogens is 526 g/mol. The van der Waals surface area contributed by atoms with Gasteiger partial charge in [-0.15, -0.1) is 11.8 Å². The number of hydrogen-bond donors (Lipinski definition) is 2. The zero-order valence-corrected chi connectivity index (χ0v) is 24.0. The quantitative estimate of drug-likeness (QED) is 0.292. The van der Waals surface area contributed by atoms with Crippen molar-refractivity contribution in [2.45, 2.75) is 77.1 Å². The van der Waals surface area contributed by atoms with E-state index in [9.17, 15) is 24.0 Å². The zero-order valence-electron chi connectivity index (χ0n) is 23.2. The van der Waals surface area contributed by atoms with Crippen LogP contribution in [0.2, 0.25) is 0 Å². The molecule has 1 fully saturated rings. The summed E-state index contributed by atoms with van der Waals surface area (Å²) >= 11 is 1.32. The molecule has 0 saturated carbocycles. The number of esters is 2. The van der Waals surface area contributed by atoms with Crippen molar-refractivity contribution in [1.82, 2.24) is 15.5 Å². The van der Waals surface area contributed by atoms with Crippen molar-refractivity contribution in [3.8, 4) is 0 Å². The molecule has 2 aliphatic heterocycles. The summed E-state index contributed by atoms with van der Waals surface area (Å²) in [5.41, 5.74) is -0.656. The second kappa shape index (κ2) is 11.7. The molecule has 0 radical (unpaired) electrons. The molecule has 3 atom stereocenters. The summed E-state index contributed by atoms with van der Waals surface area (Å²) in [6.45, 7) is 11.3. The van der Waals surface area contributed by atoms with E-state index in [1.165, 1.54) is 23.6 Å². The lowest BCUT2D eigenvalue weighted by Crippen LogP contribution is -2.71. The summed E-state index contributed by atoms with van der Waals surface area (Å²) in [4.78, 5) is 64.9. The van der Waals surface area contributed by atoms with Crippen molar-refractivity contribution in [1.29, 1.82) is 0 Å². The van der Waals surface area contributed by atoms with Gasteiger partial charge in [0.25, 0.3) is 5.91 Å². The molecule has 0 bridgehead atoms. The molecule has 1 saturated heterocycles. The van der Waals surface area contributed by atoms with E-state index in [0.29, 0.717) is 11.1 Å². The zero-order chi connectivity index (χ0) is 29.1. The number of benzene rings is 1. The third-order valence-corrected chi connectivity index (χ3v) is 6.78. The van der Waals surface area contributed by atoms with Crippen LogP contribution in [-0.4, -0.2) is 69.7 Å². The molecular formula is C27H35N3O8S. The molecule has 2 heterocycles. The van der Waals surface area contributed by atoms with Crippen LogP contribution in [0.15, 0.2) is 41.6 Å². The topological polar surface area (TPSA) is 140 Å². The Bertz CT molecular complexity index is 1170. The minimum Gasteiger partial charge on any atom is -0.461 e. The summed E-state index contributed by atoms with van der Waals surface area (Å²) in [6, 6.07) is 6.49. The summed E-state index contributed by atoms with van der Waals surface area (Å²) in [5.74, 6) is -2.10. The van der Waals surface area contributed by atoms with Crippen LogP contribution in [0, 0.1) is 0 Å². The van der Waals surface area contributed by atoms with Gasteiger partial charge < -0.3 is 24.8 Å². The fourth-order valence-corrected chi connectivity index (χ4v) is 5.23. The molecule has 0 aliphatic carbocycles. The Hall–Kier alpha value is -3.54. The number of amides is 3. The second-order valence-corrected chi connectivity index (χ2v) is 12.2. The predicted octanol–water partition coefficient (Wildman–Crippen LogP) is 2.81. The Balaban J connectivity index is 1.82. The van der Waals surface area contributed by atoms with Gasteiger partial charge in [-0.2, -0.15) is 0 Å². The fourth-order valence-electron chi connectivity index (χ4n) is 3.91. The van der Waals surface area contributed by atoms with Crippen LogP contribution in [0.1, 0.15) is 60.1 Å². The molecule has 3 rings (SSSR count). The number of rotatable bonds is 7. The third-order valence-electron chi connectivity index (χ3n) is 5.44. The van der Waals surface area contributed by atoms with E-state index in [4.69, 9.17) is 14.2 Å². The van der Waals surface area contributed by atoms with Crippen molar-refractivity contribution >= 4 is 41.6 Å². The molecule has 39 heavy (non-hydrogen) atoms. The van der Waals surface area contributed by atoms with Gasteiger partial charge in [0.2, 0.25) is 5.91 Å². The number of fused-ring (bicyclic) bond motifs is 1. The van der Waals surface area contributed by atoms with Gasteiger partial charge in [0.15, 0.2) is 0 Å². The summed E-state index contributed by atoms with van der Waals surface area (Å²) in [7, 11) is 0. The maximum absolute atomic E-state index is 13.4. The minimum atomic E-state index is -1.13. The summed E-state index contributed by atoms with van der Waals surface area (Å²) < 4.78 is 15.9. The van der Waals surface area contributed by atoms with Gasteiger partial charge in [0.05, 0.1) is 0 Å². The highest BCUT2D eigenvalue weighted by Gasteiger charge is 2.55. The van der Waals surface area contributed by atoms with Crippen molar-refractivity contribution < 1.29 is 38.2 Å². The number of carbonyl (C=O) groups is 5. The number of thioether (sulfide) groups is 1. The van der Waals surface area contributed by atoms with E-state index in [1.807, 2.05) is 0 Å². The maximum Gasteiger partial charge on any atom is 0.408 e. The van der Waals surface area contributed by atoms with Crippen molar-refractivity contribution in [2.24, 2.45) is 0 Å². The van der Waals surface area contributed by atoms with Gasteiger partial charge in [0, 0.05) is 18.2 Å². The van der Waals surface area contributed by atoms with Crippen LogP contribution in [0.4, 0.5) is 4.79 Å². The average molecular weight is 562 g/mol. The Morgan fingerprint density at radius 3 is 2.21 bits per heavy atom. The lowest BCUT2D eigenvalue weighted by molar-refractivity contribution is -0.159. The summed E-state index contributed by atoms with van der Waals surface area (Å²) in [6.07, 6.45) is -0.787. The molecule has 1 aromatic rings. The van der Waals surface area contributed by atoms with E-state index >= 15 is 0 Å². The highest BCUT2D eigenvalue weighted by molar-refractivity contribution is 8.00. The first-order chi connectivity index (χ1) is 18.1. The SMILES string of the molecule is CC(=O)OCC1=C(C(=O)OC(C)(C)C)N2C(=O)[C@@H](NC(=O)C(NC(=O)OC(C)(C)C)c3ccccc3)[C@H]2SC1. The molecule has 1 unspecified atom stereocenters. The van der Waals surface area contributed by atoms with Gasteiger partial charge >= 0.3 is 18.0 Å². The average Bonchev–Trinajstić information content (AvgIpc) is 2.82. The van der Waals surface area contributed by atoms with Crippen molar-refractivity contribution in [3.05, 3.63) is 47.2 Å². The van der Waals surface area contributed by atoms with Gasteiger partial charge in [-0.1, -0.05) is 30.3 Å². The Morgan fingerprint density at radius 2 is 1.64 bits per heavy atom. The first-order valence-electron chi connectivity index (χ1n) is 12.5. The molecule has 3 amide bonds. The van der Waals surface area contributed by atoms with E-state index in [0.717, 1.165) is 0 Å². The van der Waals surface area contributed by atoms with E-state index < -0.39 is 58.5 Å². The van der Waals surface area contributed by atoms with Crippen LogP contribution in [-0.2, 0) is 33.4 Å². The number of β-lactam (4-membered cyclic amide) rings is 1. The van der Waals surface area contributed by atoms with Gasteiger partial charge in [-0.05, 0) is 47.1 Å². The van der Waals surface area contributed by atoms with Gasteiger partial charge in [0.1, 0.15) is 41.0 Å². The number of nitrogens with zero attached hydrogens (tertiary/aromatic N) is 1. The molecule has 0 spiro atoms. The normalized spacial score (nSPS) is 19.8. The Morgan fingerprint density at radius 1 is 1.03 bits per heavy atom.